The van der Waals surface area contributed by atoms with Crippen LogP contribution in [0.4, 0.5) is 5.69 Å². The molecule has 0 aliphatic heterocycles. The average Bonchev–Trinajstić information content (AvgIpc) is 3.31. The number of nitrogens with one attached hydrogen (secondary N) is 2. The molecule has 1 aromatic heterocycles. The van der Waals surface area contributed by atoms with E-state index in [1.54, 1.807) is 11.3 Å². The summed E-state index contributed by atoms with van der Waals surface area (Å²) in [6, 6.07) is 31.2. The molecule has 1 atom stereocenters. The molecule has 4 rings (SSSR count). The van der Waals surface area contributed by atoms with Crippen LogP contribution < -0.4 is 15.4 Å². The van der Waals surface area contributed by atoms with Gasteiger partial charge in [-0.3, -0.25) is 10.1 Å². The van der Waals surface area contributed by atoms with Gasteiger partial charge in [-0.25, -0.2) is 0 Å². The van der Waals surface area contributed by atoms with E-state index >= 15 is 0 Å². The highest BCUT2D eigenvalue weighted by Gasteiger charge is 2.16. The fraction of sp³-hybridized carbons (Fsp3) is 0.0800. The SMILES string of the molecule is O=C(CNC(c1ccccc1)c1cccs1)Nc1ccccc1Oc1ccccc1. The Bertz CT molecular complexity index is 1070. The average molecular weight is 415 g/mol. The van der Waals surface area contributed by atoms with Crippen LogP contribution in [0.5, 0.6) is 11.5 Å². The van der Waals surface area contributed by atoms with Gasteiger partial charge in [0.25, 0.3) is 0 Å². The van der Waals surface area contributed by atoms with Crippen LogP contribution in [-0.4, -0.2) is 12.5 Å². The lowest BCUT2D eigenvalue weighted by Gasteiger charge is -2.18. The molecule has 4 aromatic rings. The molecule has 0 spiro atoms. The van der Waals surface area contributed by atoms with E-state index in [9.17, 15) is 4.79 Å². The first-order valence-corrected chi connectivity index (χ1v) is 10.6. The standard InChI is InChI=1S/C25H22N2O2S/c28-24(18-26-25(23-16-9-17-30-23)19-10-3-1-4-11-19)27-21-14-7-8-15-22(21)29-20-12-5-2-6-13-20/h1-17,25-26H,18H2,(H,27,28). The zero-order valence-electron chi connectivity index (χ0n) is 16.3. The summed E-state index contributed by atoms with van der Waals surface area (Å²) < 4.78 is 5.93. The van der Waals surface area contributed by atoms with Gasteiger partial charge in [0.05, 0.1) is 18.3 Å². The Hall–Kier alpha value is -3.41. The van der Waals surface area contributed by atoms with Gasteiger partial charge in [0.2, 0.25) is 5.91 Å². The van der Waals surface area contributed by atoms with Crippen LogP contribution in [0, 0.1) is 0 Å². The van der Waals surface area contributed by atoms with Crippen molar-refractivity contribution in [3.63, 3.8) is 0 Å². The van der Waals surface area contributed by atoms with Gasteiger partial charge in [-0.05, 0) is 41.3 Å². The maximum atomic E-state index is 12.7. The molecule has 30 heavy (non-hydrogen) atoms. The number of thiophene rings is 1. The molecule has 0 radical (unpaired) electrons. The van der Waals surface area contributed by atoms with Crippen molar-refractivity contribution in [1.29, 1.82) is 0 Å². The molecule has 0 saturated carbocycles. The van der Waals surface area contributed by atoms with Crippen molar-refractivity contribution in [2.24, 2.45) is 0 Å². The van der Waals surface area contributed by atoms with Crippen LogP contribution in [0.3, 0.4) is 0 Å². The third-order valence-electron chi connectivity index (χ3n) is 4.56. The molecule has 2 N–H and O–H groups in total. The number of hydrogen-bond donors (Lipinski definition) is 2. The van der Waals surface area contributed by atoms with E-state index in [2.05, 4.69) is 28.8 Å². The molecule has 0 aliphatic rings. The van der Waals surface area contributed by atoms with E-state index < -0.39 is 0 Å². The minimum atomic E-state index is -0.128. The number of rotatable bonds is 8. The van der Waals surface area contributed by atoms with Crippen LogP contribution >= 0.6 is 11.3 Å². The van der Waals surface area contributed by atoms with Gasteiger partial charge in [0.1, 0.15) is 5.75 Å². The molecule has 5 heteroatoms. The summed E-state index contributed by atoms with van der Waals surface area (Å²) >= 11 is 1.67. The van der Waals surface area contributed by atoms with Crippen LogP contribution in [0.2, 0.25) is 0 Å². The number of benzene rings is 3. The largest absolute Gasteiger partial charge is 0.455 e. The third-order valence-corrected chi connectivity index (χ3v) is 5.50. The Balaban J connectivity index is 1.43. The first kappa shape index (κ1) is 19.9. The summed E-state index contributed by atoms with van der Waals surface area (Å²) in [6.45, 7) is 0.178. The maximum absolute atomic E-state index is 12.7. The van der Waals surface area contributed by atoms with Crippen LogP contribution in [0.15, 0.2) is 102 Å². The molecular formula is C25H22N2O2S. The van der Waals surface area contributed by atoms with Gasteiger partial charge >= 0.3 is 0 Å². The zero-order valence-corrected chi connectivity index (χ0v) is 17.1. The Morgan fingerprint density at radius 2 is 1.53 bits per heavy atom. The number of carbonyl (C=O) groups excluding carboxylic acids is 1. The van der Waals surface area contributed by atoms with Gasteiger partial charge in [-0.1, -0.05) is 66.7 Å². The lowest BCUT2D eigenvalue weighted by Crippen LogP contribution is -2.31. The number of carbonyl (C=O) groups is 1. The summed E-state index contributed by atoms with van der Waals surface area (Å²) in [7, 11) is 0. The molecule has 3 aromatic carbocycles. The van der Waals surface area contributed by atoms with Crippen LogP contribution in [0.1, 0.15) is 16.5 Å². The van der Waals surface area contributed by atoms with Crippen molar-refractivity contribution < 1.29 is 9.53 Å². The smallest absolute Gasteiger partial charge is 0.238 e. The van der Waals surface area contributed by atoms with Gasteiger partial charge in [-0.2, -0.15) is 0 Å². The Labute approximate surface area is 180 Å². The minimum absolute atomic E-state index is 0.0345. The van der Waals surface area contributed by atoms with Crippen molar-refractivity contribution in [3.05, 3.63) is 113 Å². The van der Waals surface area contributed by atoms with E-state index in [0.717, 1.165) is 11.3 Å². The summed E-state index contributed by atoms with van der Waals surface area (Å²) in [6.07, 6.45) is 0. The van der Waals surface area contributed by atoms with E-state index in [4.69, 9.17) is 4.74 Å². The van der Waals surface area contributed by atoms with Crippen LogP contribution in [0.25, 0.3) is 0 Å². The lowest BCUT2D eigenvalue weighted by atomic mass is 10.1. The van der Waals surface area contributed by atoms with Gasteiger partial charge in [0.15, 0.2) is 5.75 Å². The van der Waals surface area contributed by atoms with E-state index in [-0.39, 0.29) is 18.5 Å². The van der Waals surface area contributed by atoms with Gasteiger partial charge < -0.3 is 10.1 Å². The molecule has 4 nitrogen and oxygen atoms in total. The highest BCUT2D eigenvalue weighted by molar-refractivity contribution is 7.10. The summed E-state index contributed by atoms with van der Waals surface area (Å²) in [4.78, 5) is 13.9. The second kappa shape index (κ2) is 9.87. The number of para-hydroxylation sites is 3. The second-order valence-corrected chi connectivity index (χ2v) is 7.68. The van der Waals surface area contributed by atoms with Crippen molar-refractivity contribution in [2.75, 3.05) is 11.9 Å². The topological polar surface area (TPSA) is 50.4 Å². The molecule has 1 heterocycles. The zero-order chi connectivity index (χ0) is 20.6. The summed E-state index contributed by atoms with van der Waals surface area (Å²) in [5, 5.41) is 8.39. The van der Waals surface area contributed by atoms with Gasteiger partial charge in [-0.15, -0.1) is 11.3 Å². The number of anilines is 1. The van der Waals surface area contributed by atoms with Crippen molar-refractivity contribution in [1.82, 2.24) is 5.32 Å². The quantitative estimate of drug-likeness (QED) is 0.380. The maximum Gasteiger partial charge on any atom is 0.238 e. The molecule has 150 valence electrons. The predicted molar refractivity (Wildman–Crippen MR) is 122 cm³/mol. The lowest BCUT2D eigenvalue weighted by molar-refractivity contribution is -0.115. The Kier molecular flexibility index (Phi) is 6.54. The molecule has 1 amide bonds. The second-order valence-electron chi connectivity index (χ2n) is 6.70. The summed E-state index contributed by atoms with van der Waals surface area (Å²) in [5.74, 6) is 1.20. The molecule has 0 saturated heterocycles. The molecular weight excluding hydrogens is 392 g/mol. The fourth-order valence-corrected chi connectivity index (χ4v) is 3.97. The molecule has 1 unspecified atom stereocenters. The van der Waals surface area contributed by atoms with Crippen molar-refractivity contribution >= 4 is 22.9 Å². The molecule has 0 fully saturated rings. The first-order valence-electron chi connectivity index (χ1n) is 9.73. The minimum Gasteiger partial charge on any atom is -0.455 e. The predicted octanol–water partition coefficient (Wildman–Crippen LogP) is 5.86. The highest BCUT2D eigenvalue weighted by Crippen LogP contribution is 2.29. The normalized spacial score (nSPS) is 11.6. The number of hydrogen-bond acceptors (Lipinski definition) is 4. The fourth-order valence-electron chi connectivity index (χ4n) is 3.15. The van der Waals surface area contributed by atoms with E-state index in [0.29, 0.717) is 11.4 Å². The first-order chi connectivity index (χ1) is 14.8. The molecule has 0 aliphatic carbocycles. The number of amides is 1. The van der Waals surface area contributed by atoms with Crippen molar-refractivity contribution in [3.8, 4) is 11.5 Å². The van der Waals surface area contributed by atoms with Crippen molar-refractivity contribution in [2.45, 2.75) is 6.04 Å². The Morgan fingerprint density at radius 3 is 2.27 bits per heavy atom. The Morgan fingerprint density at radius 1 is 0.833 bits per heavy atom. The third kappa shape index (κ3) is 5.14. The summed E-state index contributed by atoms with van der Waals surface area (Å²) in [5.41, 5.74) is 1.76. The number of ether oxygens (including phenoxy) is 1. The highest BCUT2D eigenvalue weighted by atomic mass is 32.1. The van der Waals surface area contributed by atoms with E-state index in [1.807, 2.05) is 84.2 Å². The monoisotopic (exact) mass is 414 g/mol. The van der Waals surface area contributed by atoms with Crippen LogP contribution in [-0.2, 0) is 4.79 Å². The van der Waals surface area contributed by atoms with Gasteiger partial charge in [0, 0.05) is 4.88 Å². The van der Waals surface area contributed by atoms with E-state index in [1.165, 1.54) is 4.88 Å². The molecule has 0 bridgehead atoms.